The predicted octanol–water partition coefficient (Wildman–Crippen LogP) is 2.28. The van der Waals surface area contributed by atoms with E-state index in [0.29, 0.717) is 24.5 Å². The first-order valence-corrected chi connectivity index (χ1v) is 10.00. The third kappa shape index (κ3) is 4.29. The summed E-state index contributed by atoms with van der Waals surface area (Å²) in [5, 5.41) is 2.74. The third-order valence-electron chi connectivity index (χ3n) is 4.32. The molecule has 0 spiro atoms. The quantitative estimate of drug-likeness (QED) is 0.847. The van der Waals surface area contributed by atoms with Crippen molar-refractivity contribution in [1.82, 2.24) is 4.31 Å². The number of amides is 1. The Morgan fingerprint density at radius 2 is 1.78 bits per heavy atom. The van der Waals surface area contributed by atoms with Gasteiger partial charge < -0.3 is 14.8 Å². The standard InChI is InChI=1S/C19H22N2O5S/c1-14-3-5-15(6-4-14)19(22)20-16-7-8-17(25-2)18(13-16)27(23,24)21-9-11-26-12-10-21/h3-8,13H,9-12H2,1-2H3,(H,20,22). The van der Waals surface area contributed by atoms with Gasteiger partial charge in [0, 0.05) is 24.3 Å². The van der Waals surface area contributed by atoms with E-state index in [-0.39, 0.29) is 29.6 Å². The van der Waals surface area contributed by atoms with Crippen LogP contribution in [0.3, 0.4) is 0 Å². The van der Waals surface area contributed by atoms with E-state index in [2.05, 4.69) is 5.32 Å². The van der Waals surface area contributed by atoms with Crippen LogP contribution in [0.25, 0.3) is 0 Å². The Kier molecular flexibility index (Phi) is 5.79. The monoisotopic (exact) mass is 390 g/mol. The van der Waals surface area contributed by atoms with Crippen LogP contribution in [0.4, 0.5) is 5.69 Å². The molecule has 2 aromatic rings. The highest BCUT2D eigenvalue weighted by Crippen LogP contribution is 2.30. The van der Waals surface area contributed by atoms with Crippen molar-refractivity contribution in [2.24, 2.45) is 0 Å². The van der Waals surface area contributed by atoms with Gasteiger partial charge in [-0.25, -0.2) is 8.42 Å². The number of methoxy groups -OCH3 is 1. The van der Waals surface area contributed by atoms with E-state index in [1.54, 1.807) is 18.2 Å². The van der Waals surface area contributed by atoms with Crippen LogP contribution in [0.1, 0.15) is 15.9 Å². The highest BCUT2D eigenvalue weighted by Gasteiger charge is 2.29. The van der Waals surface area contributed by atoms with Crippen molar-refractivity contribution in [3.05, 3.63) is 53.6 Å². The van der Waals surface area contributed by atoms with E-state index in [0.717, 1.165) is 5.56 Å². The molecule has 1 heterocycles. The molecule has 1 fully saturated rings. The van der Waals surface area contributed by atoms with Gasteiger partial charge in [-0.05, 0) is 37.3 Å². The van der Waals surface area contributed by atoms with Gasteiger partial charge in [0.2, 0.25) is 10.0 Å². The van der Waals surface area contributed by atoms with Gasteiger partial charge in [0.15, 0.2) is 0 Å². The number of sulfonamides is 1. The molecule has 0 aromatic heterocycles. The number of aryl methyl sites for hydroxylation is 1. The molecule has 1 aliphatic heterocycles. The summed E-state index contributed by atoms with van der Waals surface area (Å²) in [5.74, 6) is -0.0790. The van der Waals surface area contributed by atoms with E-state index < -0.39 is 10.0 Å². The molecule has 0 atom stereocenters. The van der Waals surface area contributed by atoms with Crippen LogP contribution in [0.5, 0.6) is 5.75 Å². The van der Waals surface area contributed by atoms with Crippen LogP contribution >= 0.6 is 0 Å². The van der Waals surface area contributed by atoms with E-state index in [4.69, 9.17) is 9.47 Å². The fourth-order valence-electron chi connectivity index (χ4n) is 2.79. The smallest absolute Gasteiger partial charge is 0.255 e. The topological polar surface area (TPSA) is 84.9 Å². The summed E-state index contributed by atoms with van der Waals surface area (Å²) in [5.41, 5.74) is 1.93. The van der Waals surface area contributed by atoms with Gasteiger partial charge >= 0.3 is 0 Å². The minimum Gasteiger partial charge on any atom is -0.495 e. The van der Waals surface area contributed by atoms with Gasteiger partial charge in [-0.1, -0.05) is 17.7 Å². The van der Waals surface area contributed by atoms with Gasteiger partial charge in [-0.3, -0.25) is 4.79 Å². The summed E-state index contributed by atoms with van der Waals surface area (Å²) in [7, 11) is -2.34. The molecule has 0 bridgehead atoms. The Labute approximate surface area is 158 Å². The largest absolute Gasteiger partial charge is 0.495 e. The molecule has 1 saturated heterocycles. The van der Waals surface area contributed by atoms with Gasteiger partial charge in [-0.15, -0.1) is 0 Å². The molecule has 1 amide bonds. The average molecular weight is 390 g/mol. The minimum atomic E-state index is -3.76. The minimum absolute atomic E-state index is 0.0219. The number of hydrogen-bond acceptors (Lipinski definition) is 5. The molecule has 0 unspecified atom stereocenters. The third-order valence-corrected chi connectivity index (χ3v) is 6.24. The Hall–Kier alpha value is -2.42. The zero-order chi connectivity index (χ0) is 19.4. The molecule has 3 rings (SSSR count). The van der Waals surface area contributed by atoms with E-state index in [1.807, 2.05) is 19.1 Å². The second-order valence-corrected chi connectivity index (χ2v) is 8.11. The number of ether oxygens (including phenoxy) is 2. The second kappa shape index (κ2) is 8.08. The maximum absolute atomic E-state index is 13.0. The second-order valence-electron chi connectivity index (χ2n) is 6.20. The van der Waals surface area contributed by atoms with Crippen LogP contribution in [0.15, 0.2) is 47.4 Å². The van der Waals surface area contributed by atoms with E-state index in [9.17, 15) is 13.2 Å². The molecule has 0 saturated carbocycles. The fraction of sp³-hybridized carbons (Fsp3) is 0.316. The molecule has 1 aliphatic rings. The van der Waals surface area contributed by atoms with Crippen molar-refractivity contribution >= 4 is 21.6 Å². The SMILES string of the molecule is COc1ccc(NC(=O)c2ccc(C)cc2)cc1S(=O)(=O)N1CCOCC1. The molecule has 0 radical (unpaired) electrons. The van der Waals surface area contributed by atoms with Gasteiger partial charge in [0.1, 0.15) is 10.6 Å². The summed E-state index contributed by atoms with van der Waals surface area (Å²) in [4.78, 5) is 12.4. The number of nitrogens with zero attached hydrogens (tertiary/aromatic N) is 1. The van der Waals surface area contributed by atoms with Crippen LogP contribution in [-0.4, -0.2) is 52.0 Å². The first-order chi connectivity index (χ1) is 12.9. The van der Waals surface area contributed by atoms with E-state index in [1.165, 1.54) is 23.5 Å². The summed E-state index contributed by atoms with van der Waals surface area (Å²) in [6.45, 7) is 3.21. The number of benzene rings is 2. The van der Waals surface area contributed by atoms with Crippen LogP contribution < -0.4 is 10.1 Å². The van der Waals surface area contributed by atoms with E-state index >= 15 is 0 Å². The number of carbonyl (C=O) groups excluding carboxylic acids is 1. The normalized spacial score (nSPS) is 15.3. The Bertz CT molecular complexity index is 920. The summed E-state index contributed by atoms with van der Waals surface area (Å²) in [6.07, 6.45) is 0. The van der Waals surface area contributed by atoms with Crippen molar-refractivity contribution < 1.29 is 22.7 Å². The summed E-state index contributed by atoms with van der Waals surface area (Å²) in [6, 6.07) is 11.7. The van der Waals surface area contributed by atoms with Crippen LogP contribution in [0.2, 0.25) is 0 Å². The van der Waals surface area contributed by atoms with Crippen molar-refractivity contribution in [1.29, 1.82) is 0 Å². The summed E-state index contributed by atoms with van der Waals surface area (Å²) >= 11 is 0. The molecule has 1 N–H and O–H groups in total. The van der Waals surface area contributed by atoms with Gasteiger partial charge in [0.05, 0.1) is 20.3 Å². The molecule has 8 heteroatoms. The lowest BCUT2D eigenvalue weighted by Gasteiger charge is -2.26. The Morgan fingerprint density at radius 1 is 1.11 bits per heavy atom. The van der Waals surface area contributed by atoms with Crippen molar-refractivity contribution in [3.63, 3.8) is 0 Å². The predicted molar refractivity (Wildman–Crippen MR) is 102 cm³/mol. The molecule has 7 nitrogen and oxygen atoms in total. The zero-order valence-electron chi connectivity index (χ0n) is 15.3. The van der Waals surface area contributed by atoms with Crippen molar-refractivity contribution in [2.75, 3.05) is 38.7 Å². The van der Waals surface area contributed by atoms with Crippen LogP contribution in [0, 0.1) is 6.92 Å². The number of rotatable bonds is 5. The zero-order valence-corrected chi connectivity index (χ0v) is 16.1. The lowest BCUT2D eigenvalue weighted by atomic mass is 10.1. The number of anilines is 1. The average Bonchev–Trinajstić information content (AvgIpc) is 2.69. The number of nitrogens with one attached hydrogen (secondary N) is 1. The molecular weight excluding hydrogens is 368 g/mol. The van der Waals surface area contributed by atoms with Gasteiger partial charge in [-0.2, -0.15) is 4.31 Å². The Balaban J connectivity index is 1.89. The maximum atomic E-state index is 13.0. The molecule has 27 heavy (non-hydrogen) atoms. The first-order valence-electron chi connectivity index (χ1n) is 8.56. The fourth-order valence-corrected chi connectivity index (χ4v) is 4.38. The molecule has 0 aliphatic carbocycles. The lowest BCUT2D eigenvalue weighted by Crippen LogP contribution is -2.40. The molecule has 2 aromatic carbocycles. The van der Waals surface area contributed by atoms with Crippen molar-refractivity contribution in [3.8, 4) is 5.75 Å². The molecular formula is C19H22N2O5S. The van der Waals surface area contributed by atoms with Gasteiger partial charge in [0.25, 0.3) is 5.91 Å². The highest BCUT2D eigenvalue weighted by molar-refractivity contribution is 7.89. The highest BCUT2D eigenvalue weighted by atomic mass is 32.2. The number of hydrogen-bond donors (Lipinski definition) is 1. The number of carbonyl (C=O) groups is 1. The van der Waals surface area contributed by atoms with Crippen molar-refractivity contribution in [2.45, 2.75) is 11.8 Å². The Morgan fingerprint density at radius 3 is 2.41 bits per heavy atom. The first kappa shape index (κ1) is 19.3. The maximum Gasteiger partial charge on any atom is 0.255 e. The summed E-state index contributed by atoms with van der Waals surface area (Å²) < 4.78 is 37.8. The van der Waals surface area contributed by atoms with Crippen LogP contribution in [-0.2, 0) is 14.8 Å². The molecule has 144 valence electrons. The number of morpholine rings is 1. The lowest BCUT2D eigenvalue weighted by molar-refractivity contribution is 0.0729.